The molecule has 0 aromatic carbocycles. The van der Waals surface area contributed by atoms with Crippen LogP contribution in [0.25, 0.3) is 16.3 Å². The SMILES string of the molecule is Nc1csc2nc(-c3ccncc3)nn12. The van der Waals surface area contributed by atoms with Crippen LogP contribution in [0.3, 0.4) is 0 Å². The summed E-state index contributed by atoms with van der Waals surface area (Å²) in [5.41, 5.74) is 6.67. The van der Waals surface area contributed by atoms with Crippen LogP contribution in [0, 0.1) is 0 Å². The lowest BCUT2D eigenvalue weighted by molar-refractivity contribution is 0.993. The highest BCUT2D eigenvalue weighted by molar-refractivity contribution is 7.15. The number of hydrogen-bond donors (Lipinski definition) is 1. The second kappa shape index (κ2) is 3.03. The van der Waals surface area contributed by atoms with E-state index in [2.05, 4.69) is 15.1 Å². The highest BCUT2D eigenvalue weighted by Crippen LogP contribution is 2.20. The maximum absolute atomic E-state index is 5.73. The van der Waals surface area contributed by atoms with Gasteiger partial charge in [-0.15, -0.1) is 16.4 Å². The molecule has 0 amide bonds. The van der Waals surface area contributed by atoms with Gasteiger partial charge in [0.1, 0.15) is 5.82 Å². The van der Waals surface area contributed by atoms with Crippen LogP contribution >= 0.6 is 11.3 Å². The minimum Gasteiger partial charge on any atom is -0.383 e. The van der Waals surface area contributed by atoms with Gasteiger partial charge in [0, 0.05) is 23.3 Å². The van der Waals surface area contributed by atoms with E-state index in [0.717, 1.165) is 10.5 Å². The summed E-state index contributed by atoms with van der Waals surface area (Å²) in [4.78, 5) is 9.12. The first-order chi connectivity index (χ1) is 7.34. The summed E-state index contributed by atoms with van der Waals surface area (Å²) in [6.07, 6.45) is 3.43. The molecule has 0 unspecified atom stereocenters. The zero-order valence-electron chi connectivity index (χ0n) is 7.66. The lowest BCUT2D eigenvalue weighted by Crippen LogP contribution is -1.92. The van der Waals surface area contributed by atoms with Crippen LogP contribution in [-0.2, 0) is 0 Å². The van der Waals surface area contributed by atoms with Crippen molar-refractivity contribution < 1.29 is 0 Å². The Morgan fingerprint density at radius 1 is 1.27 bits per heavy atom. The first-order valence-corrected chi connectivity index (χ1v) is 5.23. The molecule has 0 aliphatic rings. The van der Waals surface area contributed by atoms with Crippen LogP contribution in [0.5, 0.6) is 0 Å². The van der Waals surface area contributed by atoms with Gasteiger partial charge in [-0.05, 0) is 12.1 Å². The van der Waals surface area contributed by atoms with Gasteiger partial charge in [-0.2, -0.15) is 9.50 Å². The van der Waals surface area contributed by atoms with Gasteiger partial charge in [0.05, 0.1) is 0 Å². The van der Waals surface area contributed by atoms with E-state index in [1.54, 1.807) is 16.9 Å². The van der Waals surface area contributed by atoms with Crippen LogP contribution in [0.1, 0.15) is 0 Å². The molecule has 0 aliphatic heterocycles. The summed E-state index contributed by atoms with van der Waals surface area (Å²) in [5, 5.41) is 6.13. The van der Waals surface area contributed by atoms with Crippen LogP contribution in [0.4, 0.5) is 5.82 Å². The van der Waals surface area contributed by atoms with Gasteiger partial charge >= 0.3 is 0 Å². The van der Waals surface area contributed by atoms with E-state index >= 15 is 0 Å². The molecule has 5 nitrogen and oxygen atoms in total. The molecule has 6 heteroatoms. The molecule has 15 heavy (non-hydrogen) atoms. The Morgan fingerprint density at radius 3 is 2.80 bits per heavy atom. The summed E-state index contributed by atoms with van der Waals surface area (Å²) < 4.78 is 1.64. The molecule has 0 bridgehead atoms. The van der Waals surface area contributed by atoms with Crippen LogP contribution in [-0.4, -0.2) is 19.6 Å². The Labute approximate surface area is 89.2 Å². The number of anilines is 1. The highest BCUT2D eigenvalue weighted by Gasteiger charge is 2.08. The first-order valence-electron chi connectivity index (χ1n) is 4.35. The summed E-state index contributed by atoms with van der Waals surface area (Å²) in [6, 6.07) is 3.74. The van der Waals surface area contributed by atoms with Crippen molar-refractivity contribution in [1.29, 1.82) is 0 Å². The van der Waals surface area contributed by atoms with Gasteiger partial charge in [0.2, 0.25) is 4.96 Å². The van der Waals surface area contributed by atoms with E-state index in [-0.39, 0.29) is 0 Å². The Bertz CT molecular complexity index is 597. The van der Waals surface area contributed by atoms with Gasteiger partial charge in [0.15, 0.2) is 5.82 Å². The van der Waals surface area contributed by atoms with E-state index in [1.165, 1.54) is 11.3 Å². The summed E-state index contributed by atoms with van der Waals surface area (Å²) >= 11 is 1.48. The van der Waals surface area contributed by atoms with Crippen molar-refractivity contribution in [3.63, 3.8) is 0 Å². The number of pyridine rings is 1. The number of thiazole rings is 1. The molecule has 0 saturated carbocycles. The third kappa shape index (κ3) is 1.26. The smallest absolute Gasteiger partial charge is 0.214 e. The van der Waals surface area contributed by atoms with Crippen molar-refractivity contribution in [3.8, 4) is 11.4 Å². The monoisotopic (exact) mass is 217 g/mol. The molecule has 3 heterocycles. The molecule has 0 fully saturated rings. The summed E-state index contributed by atoms with van der Waals surface area (Å²) in [6.45, 7) is 0. The molecule has 0 atom stereocenters. The summed E-state index contributed by atoms with van der Waals surface area (Å²) in [5.74, 6) is 1.29. The number of nitrogens with two attached hydrogens (primary N) is 1. The van der Waals surface area contributed by atoms with Gasteiger partial charge in [-0.1, -0.05) is 0 Å². The fourth-order valence-corrected chi connectivity index (χ4v) is 2.04. The number of aromatic nitrogens is 4. The molecule has 3 aromatic heterocycles. The summed E-state index contributed by atoms with van der Waals surface area (Å²) in [7, 11) is 0. The quantitative estimate of drug-likeness (QED) is 0.669. The third-order valence-corrected chi connectivity index (χ3v) is 2.88. The second-order valence-corrected chi connectivity index (χ2v) is 3.86. The van der Waals surface area contributed by atoms with Crippen LogP contribution in [0.2, 0.25) is 0 Å². The van der Waals surface area contributed by atoms with Gasteiger partial charge < -0.3 is 5.73 Å². The van der Waals surface area contributed by atoms with Crippen molar-refractivity contribution >= 4 is 22.1 Å². The third-order valence-electron chi connectivity index (χ3n) is 2.05. The Hall–Kier alpha value is -1.95. The Balaban J connectivity index is 2.20. The fraction of sp³-hybridized carbons (Fsp3) is 0. The maximum Gasteiger partial charge on any atom is 0.214 e. The number of fused-ring (bicyclic) bond motifs is 1. The molecule has 2 N–H and O–H groups in total. The molecule has 0 spiro atoms. The van der Waals surface area contributed by atoms with Crippen molar-refractivity contribution in [1.82, 2.24) is 19.6 Å². The number of nitrogen functional groups attached to an aromatic ring is 1. The number of hydrogen-bond acceptors (Lipinski definition) is 5. The molecular weight excluding hydrogens is 210 g/mol. The average molecular weight is 217 g/mol. The second-order valence-electron chi connectivity index (χ2n) is 3.03. The van der Waals surface area contributed by atoms with Gasteiger partial charge in [-0.3, -0.25) is 4.98 Å². The van der Waals surface area contributed by atoms with Crippen LogP contribution in [0.15, 0.2) is 29.9 Å². The zero-order chi connectivity index (χ0) is 10.3. The lowest BCUT2D eigenvalue weighted by atomic mass is 10.3. The molecular formula is C9H7N5S. The van der Waals surface area contributed by atoms with Crippen molar-refractivity contribution in [2.24, 2.45) is 0 Å². The maximum atomic E-state index is 5.73. The average Bonchev–Trinajstić information content (AvgIpc) is 2.83. The van der Waals surface area contributed by atoms with Gasteiger partial charge in [-0.25, -0.2) is 0 Å². The van der Waals surface area contributed by atoms with Crippen LogP contribution < -0.4 is 5.73 Å². The fourth-order valence-electron chi connectivity index (χ4n) is 1.33. The topological polar surface area (TPSA) is 69.1 Å². The molecule has 3 aromatic rings. The normalized spacial score (nSPS) is 10.9. The largest absolute Gasteiger partial charge is 0.383 e. The number of nitrogens with zero attached hydrogens (tertiary/aromatic N) is 4. The zero-order valence-corrected chi connectivity index (χ0v) is 8.48. The Kier molecular flexibility index (Phi) is 1.69. The van der Waals surface area contributed by atoms with E-state index in [4.69, 9.17) is 5.73 Å². The molecule has 0 radical (unpaired) electrons. The lowest BCUT2D eigenvalue weighted by Gasteiger charge is -1.91. The van der Waals surface area contributed by atoms with E-state index < -0.39 is 0 Å². The Morgan fingerprint density at radius 2 is 2.07 bits per heavy atom. The van der Waals surface area contributed by atoms with Gasteiger partial charge in [0.25, 0.3) is 0 Å². The van der Waals surface area contributed by atoms with Crippen molar-refractivity contribution in [3.05, 3.63) is 29.9 Å². The van der Waals surface area contributed by atoms with E-state index in [9.17, 15) is 0 Å². The van der Waals surface area contributed by atoms with E-state index in [1.807, 2.05) is 17.5 Å². The first kappa shape index (κ1) is 8.37. The standard InChI is InChI=1S/C9H7N5S/c10-7-5-15-9-12-8(13-14(7)9)6-1-3-11-4-2-6/h1-5H,10H2. The minimum absolute atomic E-state index is 0.614. The highest BCUT2D eigenvalue weighted by atomic mass is 32.1. The van der Waals surface area contributed by atoms with Crippen molar-refractivity contribution in [2.45, 2.75) is 0 Å². The molecule has 0 aliphatic carbocycles. The molecule has 0 saturated heterocycles. The number of rotatable bonds is 1. The predicted molar refractivity (Wildman–Crippen MR) is 58.5 cm³/mol. The predicted octanol–water partition coefficient (Wildman–Crippen LogP) is 1.44. The minimum atomic E-state index is 0.614. The van der Waals surface area contributed by atoms with Crippen molar-refractivity contribution in [2.75, 3.05) is 5.73 Å². The molecule has 74 valence electrons. The van der Waals surface area contributed by atoms with E-state index in [0.29, 0.717) is 11.6 Å². The molecule has 3 rings (SSSR count).